The zero-order valence-corrected chi connectivity index (χ0v) is 36.1. The maximum atomic E-state index is 13.0. The largest absolute Gasteiger partial charge is 0.466 e. The van der Waals surface area contributed by atoms with Crippen molar-refractivity contribution in [3.05, 3.63) is 0 Å². The molecule has 4 saturated carbocycles. The van der Waals surface area contributed by atoms with Crippen molar-refractivity contribution in [2.45, 2.75) is 170 Å². The van der Waals surface area contributed by atoms with Crippen molar-refractivity contribution in [2.24, 2.45) is 46.8 Å². The van der Waals surface area contributed by atoms with E-state index in [1.165, 1.54) is 38.5 Å². The number of carbonyl (C=O) groups is 4. The molecule has 0 heterocycles. The van der Waals surface area contributed by atoms with Gasteiger partial charge in [-0.2, -0.15) is 0 Å². The van der Waals surface area contributed by atoms with Crippen LogP contribution in [-0.2, 0) is 38.1 Å². The van der Waals surface area contributed by atoms with Crippen molar-refractivity contribution < 1.29 is 38.1 Å². The summed E-state index contributed by atoms with van der Waals surface area (Å²) >= 11 is 0. The van der Waals surface area contributed by atoms with Crippen LogP contribution in [0.1, 0.15) is 158 Å². The molecule has 0 aromatic rings. The molecule has 10 nitrogen and oxygen atoms in total. The highest BCUT2D eigenvalue weighted by atomic mass is 16.5. The number of carbonyl (C=O) groups excluding carboxylic acids is 4. The molecule has 0 aromatic heterocycles. The second-order valence-electron chi connectivity index (χ2n) is 17.5. The van der Waals surface area contributed by atoms with Gasteiger partial charge in [0, 0.05) is 25.8 Å². The minimum absolute atomic E-state index is 0.148. The average Bonchev–Trinajstić information content (AvgIpc) is 3.88. The molecule has 0 spiro atoms. The smallest absolute Gasteiger partial charge is 0.323 e. The van der Waals surface area contributed by atoms with Crippen LogP contribution in [0.25, 0.3) is 0 Å². The maximum Gasteiger partial charge on any atom is 0.323 e. The van der Waals surface area contributed by atoms with E-state index < -0.39 is 0 Å². The second kappa shape index (κ2) is 27.6. The Labute approximate surface area is 335 Å². The van der Waals surface area contributed by atoms with E-state index in [0.29, 0.717) is 63.1 Å². The standard InChI is InChI=1S/C42H74N2O7.C2H6.CH2O/c1-6-8-17-49-39(45)23-37(44-29-42(5)25-34-14-15-36(42)22-34)24-40(46)51-28-33-12-10-32(11-13-33)27-48-19-16-38(41(47)50-18-9-7-2)43-26-35-21-30(3)20-31(35)4;2*1-2/h30-38,43-44H,6-29H2,1-5H3;1-2H3;1H2. The lowest BCUT2D eigenvalue weighted by Crippen LogP contribution is -2.43. The summed E-state index contributed by atoms with van der Waals surface area (Å²) in [6.45, 7) is 21.5. The fraction of sp³-hybridized carbons (Fsp3) is 0.911. The van der Waals surface area contributed by atoms with E-state index in [1.54, 1.807) is 0 Å². The first kappa shape index (κ1) is 49.1. The molecule has 0 radical (unpaired) electrons. The minimum Gasteiger partial charge on any atom is -0.466 e. The molecule has 2 N–H and O–H groups in total. The summed E-state index contributed by atoms with van der Waals surface area (Å²) in [5.41, 5.74) is 0.241. The maximum absolute atomic E-state index is 13.0. The highest BCUT2D eigenvalue weighted by molar-refractivity contribution is 5.75. The van der Waals surface area contributed by atoms with Crippen LogP contribution >= 0.6 is 0 Å². The van der Waals surface area contributed by atoms with Crippen LogP contribution in [0.15, 0.2) is 0 Å². The molecule has 55 heavy (non-hydrogen) atoms. The average molecular weight is 779 g/mol. The van der Waals surface area contributed by atoms with Gasteiger partial charge in [0.2, 0.25) is 0 Å². The number of nitrogens with one attached hydrogen (secondary N) is 2. The van der Waals surface area contributed by atoms with E-state index >= 15 is 0 Å². The number of fused-ring (bicyclic) bond motifs is 2. The summed E-state index contributed by atoms with van der Waals surface area (Å²) in [5, 5.41) is 7.15. The van der Waals surface area contributed by atoms with Crippen LogP contribution in [-0.4, -0.2) is 82.9 Å². The third-order valence-electron chi connectivity index (χ3n) is 13.0. The lowest BCUT2D eigenvalue weighted by atomic mass is 9.74. The highest BCUT2D eigenvalue weighted by Gasteiger charge is 2.47. The van der Waals surface area contributed by atoms with E-state index in [9.17, 15) is 14.4 Å². The lowest BCUT2D eigenvalue weighted by molar-refractivity contribution is -0.148. The van der Waals surface area contributed by atoms with Gasteiger partial charge >= 0.3 is 17.9 Å². The van der Waals surface area contributed by atoms with E-state index in [0.717, 1.165) is 82.2 Å². The summed E-state index contributed by atoms with van der Waals surface area (Å²) in [7, 11) is 0. The Morgan fingerprint density at radius 1 is 0.764 bits per heavy atom. The van der Waals surface area contributed by atoms with Crippen molar-refractivity contribution >= 4 is 24.7 Å². The molecule has 4 rings (SSSR count). The monoisotopic (exact) mass is 779 g/mol. The van der Waals surface area contributed by atoms with Crippen LogP contribution in [0, 0.1) is 46.8 Å². The van der Waals surface area contributed by atoms with Crippen LogP contribution in [0.4, 0.5) is 0 Å². The Bertz CT molecular complexity index is 1070. The number of hydrogen-bond donors (Lipinski definition) is 2. The number of unbranched alkanes of at least 4 members (excludes halogenated alkanes) is 2. The topological polar surface area (TPSA) is 129 Å². The van der Waals surface area contributed by atoms with Crippen LogP contribution < -0.4 is 10.6 Å². The fourth-order valence-corrected chi connectivity index (χ4v) is 9.58. The van der Waals surface area contributed by atoms with Gasteiger partial charge in [0.15, 0.2) is 0 Å². The fourth-order valence-electron chi connectivity index (χ4n) is 9.58. The Hall–Kier alpha value is -2.04. The number of hydrogen-bond acceptors (Lipinski definition) is 10. The van der Waals surface area contributed by atoms with E-state index in [-0.39, 0.29) is 48.2 Å². The number of esters is 3. The summed E-state index contributed by atoms with van der Waals surface area (Å²) in [4.78, 5) is 46.5. The molecule has 4 aliphatic carbocycles. The van der Waals surface area contributed by atoms with Gasteiger partial charge < -0.3 is 34.4 Å². The summed E-state index contributed by atoms with van der Waals surface area (Å²) < 4.78 is 23.0. The molecule has 4 aliphatic rings. The third-order valence-corrected chi connectivity index (χ3v) is 13.0. The van der Waals surface area contributed by atoms with Crippen LogP contribution in [0.3, 0.4) is 0 Å². The predicted molar refractivity (Wildman–Crippen MR) is 219 cm³/mol. The van der Waals surface area contributed by atoms with Gasteiger partial charge in [-0.1, -0.05) is 67.7 Å². The Kier molecular flexibility index (Phi) is 24.6. The molecule has 0 aromatic carbocycles. The third kappa shape index (κ3) is 18.0. The number of rotatable bonds is 24. The molecule has 2 bridgehead atoms. The zero-order chi connectivity index (χ0) is 40.6. The molecule has 4 fully saturated rings. The second-order valence-corrected chi connectivity index (χ2v) is 17.5. The van der Waals surface area contributed by atoms with Gasteiger partial charge in [-0.05, 0) is 130 Å². The van der Waals surface area contributed by atoms with Gasteiger partial charge in [0.05, 0.1) is 32.7 Å². The molecule has 0 aliphatic heterocycles. The lowest BCUT2D eigenvalue weighted by Gasteiger charge is -2.35. The molecule has 10 heteroatoms. The molecule has 0 amide bonds. The van der Waals surface area contributed by atoms with Crippen molar-refractivity contribution in [2.75, 3.05) is 46.1 Å². The number of ether oxygens (including phenoxy) is 4. The van der Waals surface area contributed by atoms with Gasteiger partial charge in [-0.25, -0.2) is 0 Å². The first-order valence-electron chi connectivity index (χ1n) is 22.4. The molecular weight excluding hydrogens is 697 g/mol. The van der Waals surface area contributed by atoms with E-state index in [1.807, 2.05) is 20.6 Å². The van der Waals surface area contributed by atoms with Crippen LogP contribution in [0.2, 0.25) is 0 Å². The molecule has 320 valence electrons. The predicted octanol–water partition coefficient (Wildman–Crippen LogP) is 8.48. The van der Waals surface area contributed by atoms with Crippen molar-refractivity contribution in [3.8, 4) is 0 Å². The zero-order valence-electron chi connectivity index (χ0n) is 36.1. The first-order valence-corrected chi connectivity index (χ1v) is 22.4. The SMILES string of the molecule is C=O.CC.CCCCOC(=O)CC(CC(=O)OCC1CCC(COCCC(NCC2CC(C)CC2C)C(=O)OCCCC)CC1)NCC1(C)CC2CCC1C2. The molecule has 8 unspecified atom stereocenters. The Morgan fingerprint density at radius 3 is 1.95 bits per heavy atom. The van der Waals surface area contributed by atoms with Gasteiger partial charge in [0.1, 0.15) is 12.8 Å². The highest BCUT2D eigenvalue weighted by Crippen LogP contribution is 2.55. The minimum atomic E-state index is -0.321. The first-order chi connectivity index (χ1) is 26.6. The normalized spacial score (nSPS) is 29.3. The Morgan fingerprint density at radius 2 is 1.38 bits per heavy atom. The van der Waals surface area contributed by atoms with Crippen molar-refractivity contribution in [1.29, 1.82) is 0 Å². The molecule has 0 saturated heterocycles. The summed E-state index contributed by atoms with van der Waals surface area (Å²) in [6.07, 6.45) is 16.6. The van der Waals surface area contributed by atoms with E-state index in [2.05, 4.69) is 45.3 Å². The summed E-state index contributed by atoms with van der Waals surface area (Å²) in [6, 6.07) is -0.587. The van der Waals surface area contributed by atoms with Crippen LogP contribution in [0.5, 0.6) is 0 Å². The Balaban J connectivity index is 0.00000253. The van der Waals surface area contributed by atoms with Crippen molar-refractivity contribution in [1.82, 2.24) is 10.6 Å². The quantitative estimate of drug-likeness (QED) is 0.0559. The van der Waals surface area contributed by atoms with Crippen molar-refractivity contribution in [3.63, 3.8) is 0 Å². The van der Waals surface area contributed by atoms with E-state index in [4.69, 9.17) is 23.7 Å². The summed E-state index contributed by atoms with van der Waals surface area (Å²) in [5.74, 6) is 3.86. The van der Waals surface area contributed by atoms with Gasteiger partial charge in [0.25, 0.3) is 0 Å². The van der Waals surface area contributed by atoms with Gasteiger partial charge in [-0.3, -0.25) is 14.4 Å². The van der Waals surface area contributed by atoms with Gasteiger partial charge in [-0.15, -0.1) is 0 Å². The molecular formula is C45H82N2O8. The molecule has 8 atom stereocenters.